The van der Waals surface area contributed by atoms with Crippen LogP contribution in [0.5, 0.6) is 0 Å². The van der Waals surface area contributed by atoms with Crippen molar-refractivity contribution in [2.24, 2.45) is 0 Å². The first-order valence-electron chi connectivity index (χ1n) is 7.61. The molecule has 0 bridgehead atoms. The average molecular weight is 392 g/mol. The van der Waals surface area contributed by atoms with Crippen LogP contribution >= 0.6 is 11.3 Å². The van der Waals surface area contributed by atoms with E-state index in [2.05, 4.69) is 5.32 Å². The molecule has 0 radical (unpaired) electrons. The molecule has 1 heterocycles. The topological polar surface area (TPSA) is 113 Å². The number of hydrogen-bond acceptors (Lipinski definition) is 7. The van der Waals surface area contributed by atoms with Crippen molar-refractivity contribution in [3.8, 4) is 6.07 Å². The summed E-state index contributed by atoms with van der Waals surface area (Å²) in [4.78, 5) is 24.4. The second-order valence-electron chi connectivity index (χ2n) is 5.21. The Bertz CT molecular complexity index is 973. The van der Waals surface area contributed by atoms with E-state index >= 15 is 0 Å². The Morgan fingerprint density at radius 3 is 2.65 bits per heavy atom. The lowest BCUT2D eigenvalue weighted by atomic mass is 10.2. The van der Waals surface area contributed by atoms with Crippen LogP contribution in [0, 0.1) is 11.3 Å². The summed E-state index contributed by atoms with van der Waals surface area (Å²) in [6.07, 6.45) is -1.17. The molecular weight excluding hydrogens is 376 g/mol. The van der Waals surface area contributed by atoms with Crippen LogP contribution in [0.2, 0.25) is 0 Å². The second-order valence-corrected chi connectivity index (χ2v) is 8.37. The van der Waals surface area contributed by atoms with Crippen molar-refractivity contribution in [3.63, 3.8) is 0 Å². The highest BCUT2D eigenvalue weighted by molar-refractivity contribution is 7.91. The zero-order valence-electron chi connectivity index (χ0n) is 14.1. The van der Waals surface area contributed by atoms with Crippen LogP contribution in [0.3, 0.4) is 0 Å². The van der Waals surface area contributed by atoms with Gasteiger partial charge in [0.1, 0.15) is 11.1 Å². The van der Waals surface area contributed by atoms with Gasteiger partial charge in [0.25, 0.3) is 5.91 Å². The summed E-state index contributed by atoms with van der Waals surface area (Å²) < 4.78 is 29.3. The highest BCUT2D eigenvalue weighted by Crippen LogP contribution is 2.23. The first kappa shape index (κ1) is 19.6. The van der Waals surface area contributed by atoms with E-state index in [0.717, 1.165) is 0 Å². The van der Waals surface area contributed by atoms with Gasteiger partial charge in [0.15, 0.2) is 15.9 Å². The van der Waals surface area contributed by atoms with Crippen molar-refractivity contribution in [3.05, 3.63) is 46.8 Å². The van der Waals surface area contributed by atoms with Crippen molar-refractivity contribution in [2.75, 3.05) is 11.1 Å². The Morgan fingerprint density at radius 2 is 2.00 bits per heavy atom. The molecule has 136 valence electrons. The number of sulfone groups is 1. The maximum absolute atomic E-state index is 12.4. The molecule has 0 fully saturated rings. The van der Waals surface area contributed by atoms with E-state index in [9.17, 15) is 18.0 Å². The molecule has 1 amide bonds. The zero-order valence-corrected chi connectivity index (χ0v) is 15.7. The largest absolute Gasteiger partial charge is 0.449 e. The fourth-order valence-electron chi connectivity index (χ4n) is 2.05. The van der Waals surface area contributed by atoms with Crippen molar-refractivity contribution in [2.45, 2.75) is 24.8 Å². The Morgan fingerprint density at radius 1 is 1.31 bits per heavy atom. The van der Waals surface area contributed by atoms with E-state index in [0.29, 0.717) is 10.6 Å². The summed E-state index contributed by atoms with van der Waals surface area (Å²) in [5, 5.41) is 13.5. The minimum absolute atomic E-state index is 0.122. The fraction of sp³-hybridized carbons (Fsp3) is 0.235. The van der Waals surface area contributed by atoms with Crippen LogP contribution in [0.1, 0.15) is 29.8 Å². The molecule has 1 atom stereocenters. The highest BCUT2D eigenvalue weighted by Gasteiger charge is 2.25. The summed E-state index contributed by atoms with van der Waals surface area (Å²) in [5.74, 6) is -1.69. The van der Waals surface area contributed by atoms with Crippen LogP contribution in [0.25, 0.3) is 0 Å². The number of ether oxygens (including phenoxy) is 1. The number of nitriles is 1. The average Bonchev–Trinajstić information content (AvgIpc) is 3.08. The number of nitrogens with zero attached hydrogens (tertiary/aromatic N) is 1. The SMILES string of the molecule is CCS(=O)(=O)c1ccccc1C(=O)O[C@H](C)C(=O)Nc1sccc1C#N. The van der Waals surface area contributed by atoms with E-state index in [4.69, 9.17) is 10.00 Å². The van der Waals surface area contributed by atoms with Crippen molar-refractivity contribution >= 4 is 38.1 Å². The lowest BCUT2D eigenvalue weighted by molar-refractivity contribution is -0.123. The number of esters is 1. The maximum Gasteiger partial charge on any atom is 0.340 e. The number of anilines is 1. The number of rotatable bonds is 6. The van der Waals surface area contributed by atoms with Crippen molar-refractivity contribution in [1.29, 1.82) is 5.26 Å². The van der Waals surface area contributed by atoms with Crippen LogP contribution in [0.15, 0.2) is 40.6 Å². The lowest BCUT2D eigenvalue weighted by Crippen LogP contribution is -2.30. The van der Waals surface area contributed by atoms with Gasteiger partial charge in [-0.15, -0.1) is 11.3 Å². The summed E-state index contributed by atoms with van der Waals surface area (Å²) in [6.45, 7) is 2.84. The molecule has 0 saturated heterocycles. The number of benzene rings is 1. The lowest BCUT2D eigenvalue weighted by Gasteiger charge is -2.14. The molecule has 0 aliphatic heterocycles. The number of nitrogens with one attached hydrogen (secondary N) is 1. The van der Waals surface area contributed by atoms with Crippen LogP contribution in [0.4, 0.5) is 5.00 Å². The smallest absolute Gasteiger partial charge is 0.340 e. The van der Waals surface area contributed by atoms with Gasteiger partial charge in [-0.05, 0) is 30.5 Å². The van der Waals surface area contributed by atoms with Crippen LogP contribution in [-0.4, -0.2) is 32.2 Å². The molecule has 0 aliphatic carbocycles. The van der Waals surface area contributed by atoms with Gasteiger partial charge in [0.2, 0.25) is 0 Å². The molecule has 1 aromatic carbocycles. The predicted octanol–water partition coefficient (Wildman–Crippen LogP) is 2.60. The van der Waals surface area contributed by atoms with Gasteiger partial charge in [0.05, 0.1) is 21.8 Å². The Balaban J connectivity index is 2.15. The number of carbonyl (C=O) groups excluding carboxylic acids is 2. The van der Waals surface area contributed by atoms with Gasteiger partial charge in [-0.2, -0.15) is 5.26 Å². The number of carbonyl (C=O) groups is 2. The fourth-order valence-corrected chi connectivity index (χ4v) is 3.87. The van der Waals surface area contributed by atoms with Crippen LogP contribution < -0.4 is 5.32 Å². The highest BCUT2D eigenvalue weighted by atomic mass is 32.2. The van der Waals surface area contributed by atoms with E-state index in [1.807, 2.05) is 6.07 Å². The van der Waals surface area contributed by atoms with E-state index in [-0.39, 0.29) is 16.2 Å². The third kappa shape index (κ3) is 4.28. The Hall–Kier alpha value is -2.70. The monoisotopic (exact) mass is 392 g/mol. The maximum atomic E-state index is 12.4. The predicted molar refractivity (Wildman–Crippen MR) is 96.7 cm³/mol. The van der Waals surface area contributed by atoms with Gasteiger partial charge in [-0.1, -0.05) is 19.1 Å². The first-order chi connectivity index (χ1) is 12.3. The second kappa shape index (κ2) is 8.12. The molecular formula is C17H16N2O5S2. The minimum atomic E-state index is -3.62. The third-order valence-electron chi connectivity index (χ3n) is 3.50. The molecule has 9 heteroatoms. The van der Waals surface area contributed by atoms with Crippen LogP contribution in [-0.2, 0) is 19.4 Å². The molecule has 0 aliphatic rings. The van der Waals surface area contributed by atoms with E-state index in [1.54, 1.807) is 11.4 Å². The Labute approximate surface area is 155 Å². The van der Waals surface area contributed by atoms with Gasteiger partial charge in [-0.25, -0.2) is 13.2 Å². The van der Waals surface area contributed by atoms with Gasteiger partial charge < -0.3 is 10.1 Å². The molecule has 1 aromatic heterocycles. The first-order valence-corrected chi connectivity index (χ1v) is 10.1. The normalized spacial score (nSPS) is 12.0. The van der Waals surface area contributed by atoms with Crippen molar-refractivity contribution in [1.82, 2.24) is 0 Å². The molecule has 2 aromatic rings. The minimum Gasteiger partial charge on any atom is -0.449 e. The van der Waals surface area contributed by atoms with Gasteiger partial charge in [-0.3, -0.25) is 4.79 Å². The number of amides is 1. The summed E-state index contributed by atoms with van der Waals surface area (Å²) in [5.41, 5.74) is 0.184. The summed E-state index contributed by atoms with van der Waals surface area (Å²) >= 11 is 1.17. The molecule has 26 heavy (non-hydrogen) atoms. The van der Waals surface area contributed by atoms with Gasteiger partial charge >= 0.3 is 5.97 Å². The number of hydrogen-bond donors (Lipinski definition) is 1. The molecule has 0 unspecified atom stereocenters. The summed E-state index contributed by atoms with van der Waals surface area (Å²) in [7, 11) is -3.62. The molecule has 2 rings (SSSR count). The van der Waals surface area contributed by atoms with Crippen molar-refractivity contribution < 1.29 is 22.7 Å². The standard InChI is InChI=1S/C17H16N2O5S2/c1-3-26(22,23)14-7-5-4-6-13(14)17(21)24-11(2)15(20)19-16-12(10-18)8-9-25-16/h4-9,11H,3H2,1-2H3,(H,19,20)/t11-/m1/s1. The zero-order chi connectivity index (χ0) is 19.3. The Kier molecular flexibility index (Phi) is 6.13. The molecule has 7 nitrogen and oxygen atoms in total. The van der Waals surface area contributed by atoms with E-state index in [1.165, 1.54) is 49.4 Å². The quantitative estimate of drug-likeness (QED) is 0.756. The molecule has 1 N–H and O–H groups in total. The molecule has 0 saturated carbocycles. The third-order valence-corrected chi connectivity index (χ3v) is 6.11. The van der Waals surface area contributed by atoms with Gasteiger partial charge in [0, 0.05) is 0 Å². The molecule has 0 spiro atoms. The number of thiophene rings is 1. The van der Waals surface area contributed by atoms with E-state index < -0.39 is 27.8 Å². The summed E-state index contributed by atoms with van der Waals surface area (Å²) in [6, 6.07) is 9.18.